The molecule has 1 aromatic rings. The van der Waals surface area contributed by atoms with Crippen molar-refractivity contribution in [2.75, 3.05) is 19.1 Å². The molecule has 1 rings (SSSR count). The van der Waals surface area contributed by atoms with Gasteiger partial charge >= 0.3 is 0 Å². The van der Waals surface area contributed by atoms with E-state index >= 15 is 0 Å². The van der Waals surface area contributed by atoms with Crippen LogP contribution in [0.5, 0.6) is 0 Å². The van der Waals surface area contributed by atoms with Gasteiger partial charge in [0.15, 0.2) is 0 Å². The number of carbonyl (C=O) groups excluding carboxylic acids is 1. The third-order valence-electron chi connectivity index (χ3n) is 2.16. The number of ether oxygens (including phenoxy) is 1. The molecule has 0 aliphatic rings. The molecule has 0 radical (unpaired) electrons. The number of rotatable bonds is 5. The average molecular weight is 259 g/mol. The molecule has 1 atom stereocenters. The van der Waals surface area contributed by atoms with Crippen molar-refractivity contribution in [1.82, 2.24) is 10.3 Å². The molecule has 0 spiro atoms. The number of hydrazine groups is 1. The van der Waals surface area contributed by atoms with Gasteiger partial charge in [0.1, 0.15) is 11.5 Å². The van der Waals surface area contributed by atoms with Crippen LogP contribution in [0.25, 0.3) is 0 Å². The Kier molecular flexibility index (Phi) is 5.14. The smallest absolute Gasteiger partial charge is 0.271 e. The first-order valence-corrected chi connectivity index (χ1v) is 5.40. The summed E-state index contributed by atoms with van der Waals surface area (Å²) >= 11 is 5.87. The first-order chi connectivity index (χ1) is 8.08. The van der Waals surface area contributed by atoms with E-state index in [9.17, 15) is 4.79 Å². The van der Waals surface area contributed by atoms with Crippen molar-refractivity contribution in [2.45, 2.75) is 13.0 Å². The summed E-state index contributed by atoms with van der Waals surface area (Å²) in [5, 5.41) is 2.93. The Hall–Kier alpha value is -1.37. The van der Waals surface area contributed by atoms with Gasteiger partial charge in [-0.15, -0.1) is 0 Å². The summed E-state index contributed by atoms with van der Waals surface area (Å²) in [7, 11) is 1.57. The Labute approximate surface area is 104 Å². The highest BCUT2D eigenvalue weighted by Crippen LogP contribution is 2.15. The zero-order valence-corrected chi connectivity index (χ0v) is 10.4. The van der Waals surface area contributed by atoms with E-state index < -0.39 is 0 Å². The van der Waals surface area contributed by atoms with Crippen LogP contribution in [0, 0.1) is 0 Å². The molecule has 1 heterocycles. The van der Waals surface area contributed by atoms with Crippen LogP contribution in [0.2, 0.25) is 5.02 Å². The first kappa shape index (κ1) is 13.7. The van der Waals surface area contributed by atoms with Crippen molar-refractivity contribution < 1.29 is 9.53 Å². The van der Waals surface area contributed by atoms with E-state index in [1.54, 1.807) is 19.2 Å². The lowest BCUT2D eigenvalue weighted by Gasteiger charge is -2.11. The highest BCUT2D eigenvalue weighted by atomic mass is 35.5. The lowest BCUT2D eigenvalue weighted by Crippen LogP contribution is -2.32. The Morgan fingerprint density at radius 2 is 2.35 bits per heavy atom. The van der Waals surface area contributed by atoms with Crippen LogP contribution in [-0.4, -0.2) is 30.6 Å². The summed E-state index contributed by atoms with van der Waals surface area (Å²) < 4.78 is 5.01. The minimum atomic E-state index is -0.365. The largest absolute Gasteiger partial charge is 0.380 e. The van der Waals surface area contributed by atoms with Crippen LogP contribution in [0.3, 0.4) is 0 Å². The van der Waals surface area contributed by atoms with E-state index in [1.807, 2.05) is 6.92 Å². The first-order valence-electron chi connectivity index (χ1n) is 5.02. The lowest BCUT2D eigenvalue weighted by atomic mass is 10.3. The molecule has 1 unspecified atom stereocenters. The predicted octanol–water partition coefficient (Wildman–Crippen LogP) is 0.785. The Morgan fingerprint density at radius 3 is 2.94 bits per heavy atom. The van der Waals surface area contributed by atoms with Crippen molar-refractivity contribution in [3.63, 3.8) is 0 Å². The van der Waals surface area contributed by atoms with Crippen molar-refractivity contribution in [3.8, 4) is 0 Å². The molecule has 1 aromatic heterocycles. The second-order valence-corrected chi connectivity index (χ2v) is 3.83. The van der Waals surface area contributed by atoms with Crippen molar-refractivity contribution in [1.29, 1.82) is 0 Å². The number of pyridine rings is 1. The number of hydrogen-bond donors (Lipinski definition) is 3. The standard InChI is InChI=1S/C10H15ClN4O2/c1-6(17-2)5-13-10(16)9-7(11)3-4-8(14-9)15-12/h3-4,6H,5,12H2,1-2H3,(H,13,16)(H,14,15). The van der Waals surface area contributed by atoms with Gasteiger partial charge in [-0.3, -0.25) is 4.79 Å². The van der Waals surface area contributed by atoms with Gasteiger partial charge in [-0.05, 0) is 19.1 Å². The van der Waals surface area contributed by atoms with E-state index in [-0.39, 0.29) is 22.7 Å². The van der Waals surface area contributed by atoms with Crippen LogP contribution < -0.4 is 16.6 Å². The third-order valence-corrected chi connectivity index (χ3v) is 2.47. The normalized spacial score (nSPS) is 12.0. The summed E-state index contributed by atoms with van der Waals surface area (Å²) in [6.07, 6.45) is -0.0754. The molecule has 0 bridgehead atoms. The van der Waals surface area contributed by atoms with E-state index in [2.05, 4.69) is 15.7 Å². The lowest BCUT2D eigenvalue weighted by molar-refractivity contribution is 0.0866. The molecule has 7 heteroatoms. The maximum Gasteiger partial charge on any atom is 0.271 e. The number of nitrogens with one attached hydrogen (secondary N) is 2. The monoisotopic (exact) mass is 258 g/mol. The van der Waals surface area contributed by atoms with Gasteiger partial charge in [0, 0.05) is 13.7 Å². The molecule has 0 saturated heterocycles. The minimum Gasteiger partial charge on any atom is -0.380 e. The number of methoxy groups -OCH3 is 1. The number of nitrogen functional groups attached to an aromatic ring is 1. The molecule has 17 heavy (non-hydrogen) atoms. The van der Waals surface area contributed by atoms with Gasteiger partial charge < -0.3 is 15.5 Å². The number of nitrogens with two attached hydrogens (primary N) is 1. The number of nitrogens with zero attached hydrogens (tertiary/aromatic N) is 1. The maximum absolute atomic E-state index is 11.8. The topological polar surface area (TPSA) is 89.3 Å². The number of aromatic nitrogens is 1. The Bertz CT molecular complexity index is 400. The zero-order valence-electron chi connectivity index (χ0n) is 9.66. The molecular weight excluding hydrogens is 244 g/mol. The number of anilines is 1. The molecule has 0 aliphatic heterocycles. The summed E-state index contributed by atoms with van der Waals surface area (Å²) in [5.41, 5.74) is 2.48. The number of halogens is 1. The fourth-order valence-corrected chi connectivity index (χ4v) is 1.28. The minimum absolute atomic E-state index is 0.0754. The second kappa shape index (κ2) is 6.39. The molecule has 4 N–H and O–H groups in total. The molecule has 94 valence electrons. The van der Waals surface area contributed by atoms with E-state index in [0.29, 0.717) is 12.4 Å². The maximum atomic E-state index is 11.8. The van der Waals surface area contributed by atoms with Crippen LogP contribution in [-0.2, 0) is 4.74 Å². The summed E-state index contributed by atoms with van der Waals surface area (Å²) in [5.74, 6) is 5.21. The fraction of sp³-hybridized carbons (Fsp3) is 0.400. The van der Waals surface area contributed by atoms with Gasteiger partial charge in [0.2, 0.25) is 0 Å². The third kappa shape index (κ3) is 3.85. The Balaban J connectivity index is 2.74. The Morgan fingerprint density at radius 1 is 1.65 bits per heavy atom. The SMILES string of the molecule is COC(C)CNC(=O)c1nc(NN)ccc1Cl. The van der Waals surface area contributed by atoms with Crippen LogP contribution >= 0.6 is 11.6 Å². The van der Waals surface area contributed by atoms with Gasteiger partial charge in [0.25, 0.3) is 5.91 Å². The quantitative estimate of drug-likeness (QED) is 0.537. The zero-order chi connectivity index (χ0) is 12.8. The second-order valence-electron chi connectivity index (χ2n) is 3.43. The van der Waals surface area contributed by atoms with Crippen molar-refractivity contribution in [3.05, 3.63) is 22.8 Å². The average Bonchev–Trinajstić information content (AvgIpc) is 2.36. The number of hydrogen-bond acceptors (Lipinski definition) is 5. The molecule has 0 aromatic carbocycles. The molecule has 1 amide bonds. The molecule has 0 saturated carbocycles. The van der Waals surface area contributed by atoms with Gasteiger partial charge in [-0.2, -0.15) is 0 Å². The van der Waals surface area contributed by atoms with E-state index in [0.717, 1.165) is 0 Å². The fourth-order valence-electron chi connectivity index (χ4n) is 1.09. The van der Waals surface area contributed by atoms with Crippen molar-refractivity contribution >= 4 is 23.3 Å². The summed E-state index contributed by atoms with van der Waals surface area (Å²) in [6.45, 7) is 2.22. The highest BCUT2D eigenvalue weighted by Gasteiger charge is 2.13. The molecule has 0 fully saturated rings. The summed E-state index contributed by atoms with van der Waals surface area (Å²) in [6, 6.07) is 3.13. The summed E-state index contributed by atoms with van der Waals surface area (Å²) in [4.78, 5) is 15.7. The molecule has 0 aliphatic carbocycles. The van der Waals surface area contributed by atoms with Gasteiger partial charge in [0.05, 0.1) is 11.1 Å². The van der Waals surface area contributed by atoms with Gasteiger partial charge in [-0.1, -0.05) is 11.6 Å². The predicted molar refractivity (Wildman–Crippen MR) is 65.9 cm³/mol. The van der Waals surface area contributed by atoms with E-state index in [4.69, 9.17) is 22.2 Å². The molecular formula is C10H15ClN4O2. The van der Waals surface area contributed by atoms with Crippen LogP contribution in [0.4, 0.5) is 5.82 Å². The van der Waals surface area contributed by atoms with Crippen molar-refractivity contribution in [2.24, 2.45) is 5.84 Å². The number of carbonyl (C=O) groups is 1. The highest BCUT2D eigenvalue weighted by molar-refractivity contribution is 6.33. The van der Waals surface area contributed by atoms with Crippen LogP contribution in [0.15, 0.2) is 12.1 Å². The van der Waals surface area contributed by atoms with E-state index in [1.165, 1.54) is 0 Å². The molecule has 6 nitrogen and oxygen atoms in total. The number of amides is 1. The van der Waals surface area contributed by atoms with Gasteiger partial charge in [-0.25, -0.2) is 10.8 Å². The van der Waals surface area contributed by atoms with Crippen LogP contribution in [0.1, 0.15) is 17.4 Å².